The fraction of sp³-hybridized carbons (Fsp3) is 0.235. The highest BCUT2D eigenvalue weighted by Crippen LogP contribution is 2.35. The molecule has 108 valence electrons. The molecule has 4 heteroatoms. The van der Waals surface area contributed by atoms with Crippen molar-refractivity contribution in [3.8, 4) is 0 Å². The van der Waals surface area contributed by atoms with E-state index < -0.39 is 0 Å². The third-order valence-electron chi connectivity index (χ3n) is 4.05. The summed E-state index contributed by atoms with van der Waals surface area (Å²) >= 11 is 2.01. The van der Waals surface area contributed by atoms with Gasteiger partial charge in [-0.3, -0.25) is 4.79 Å². The first-order valence-corrected chi connectivity index (χ1v) is 7.96. The molecule has 3 rings (SSSR count). The Morgan fingerprint density at radius 2 is 2.05 bits per heavy atom. The summed E-state index contributed by atoms with van der Waals surface area (Å²) in [4.78, 5) is 14.5. The number of hydrogen-bond acceptors (Lipinski definition) is 1. The molecule has 1 atom stereocenters. The highest BCUT2D eigenvalue weighted by Gasteiger charge is 2.29. The molecular weight excluding hydrogens is 380 g/mol. The lowest BCUT2D eigenvalue weighted by molar-refractivity contribution is 0.0729. The van der Waals surface area contributed by atoms with Gasteiger partial charge in [-0.15, -0.1) is 0 Å². The van der Waals surface area contributed by atoms with Gasteiger partial charge in [-0.05, 0) is 64.8 Å². The van der Waals surface area contributed by atoms with Crippen LogP contribution in [0.2, 0.25) is 0 Å². The Hall–Kier alpha value is -1.43. The van der Waals surface area contributed by atoms with Crippen molar-refractivity contribution in [3.05, 3.63) is 68.5 Å². The summed E-state index contributed by atoms with van der Waals surface area (Å²) in [5.41, 5.74) is 3.10. The summed E-state index contributed by atoms with van der Waals surface area (Å²) in [6.07, 6.45) is 1.94. The fourth-order valence-electron chi connectivity index (χ4n) is 2.93. The third-order valence-corrected chi connectivity index (χ3v) is 4.94. The Balaban J connectivity index is 1.89. The van der Waals surface area contributed by atoms with Crippen LogP contribution in [0, 0.1) is 9.39 Å². The van der Waals surface area contributed by atoms with Crippen LogP contribution in [0.5, 0.6) is 0 Å². The molecule has 0 radical (unpaired) electrons. The first-order valence-electron chi connectivity index (χ1n) is 6.88. The van der Waals surface area contributed by atoms with Crippen molar-refractivity contribution in [1.82, 2.24) is 4.90 Å². The smallest absolute Gasteiger partial charge is 0.255 e. The van der Waals surface area contributed by atoms with Crippen molar-refractivity contribution in [2.24, 2.45) is 0 Å². The monoisotopic (exact) mass is 395 g/mol. The number of amides is 1. The number of fused-ring (bicyclic) bond motifs is 1. The number of benzene rings is 2. The van der Waals surface area contributed by atoms with E-state index in [1.165, 1.54) is 23.3 Å². The zero-order valence-electron chi connectivity index (χ0n) is 11.6. The quantitative estimate of drug-likeness (QED) is 0.699. The molecule has 1 unspecified atom stereocenters. The summed E-state index contributed by atoms with van der Waals surface area (Å²) in [6, 6.07) is 12.7. The lowest BCUT2D eigenvalue weighted by Crippen LogP contribution is -2.30. The van der Waals surface area contributed by atoms with Gasteiger partial charge in [0, 0.05) is 10.6 Å². The minimum Gasteiger partial charge on any atom is -0.335 e. The molecule has 1 amide bonds. The van der Waals surface area contributed by atoms with Crippen LogP contribution >= 0.6 is 22.6 Å². The van der Waals surface area contributed by atoms with Crippen molar-refractivity contribution < 1.29 is 9.18 Å². The number of carbonyl (C=O) groups excluding carboxylic acids is 1. The first kappa shape index (κ1) is 14.5. The highest BCUT2D eigenvalue weighted by molar-refractivity contribution is 14.1. The van der Waals surface area contributed by atoms with E-state index in [0.717, 1.165) is 12.8 Å². The third kappa shape index (κ3) is 2.69. The molecule has 1 aliphatic rings. The molecule has 0 heterocycles. The van der Waals surface area contributed by atoms with Crippen molar-refractivity contribution >= 4 is 28.5 Å². The molecule has 0 saturated heterocycles. The number of carbonyl (C=O) groups is 1. The van der Waals surface area contributed by atoms with E-state index in [1.54, 1.807) is 11.0 Å². The van der Waals surface area contributed by atoms with Gasteiger partial charge in [0.1, 0.15) is 5.82 Å². The zero-order chi connectivity index (χ0) is 15.0. The fourth-order valence-corrected chi connectivity index (χ4v) is 3.64. The van der Waals surface area contributed by atoms with Crippen LogP contribution in [-0.2, 0) is 6.42 Å². The summed E-state index contributed by atoms with van der Waals surface area (Å²) < 4.78 is 13.8. The second kappa shape index (κ2) is 5.75. The van der Waals surface area contributed by atoms with Crippen molar-refractivity contribution in [2.75, 3.05) is 7.05 Å². The van der Waals surface area contributed by atoms with E-state index >= 15 is 0 Å². The van der Waals surface area contributed by atoms with Gasteiger partial charge in [0.2, 0.25) is 0 Å². The predicted molar refractivity (Wildman–Crippen MR) is 88.7 cm³/mol. The standard InChI is InChI=1S/C17H15FINO/c1-20(16-9-6-11-4-2-3-5-13(11)16)17(21)14-8-7-12(18)10-15(14)19/h2-5,7-8,10,16H,6,9H2,1H3. The van der Waals surface area contributed by atoms with E-state index in [-0.39, 0.29) is 17.8 Å². The van der Waals surface area contributed by atoms with Gasteiger partial charge in [-0.25, -0.2) is 4.39 Å². The molecule has 0 bridgehead atoms. The maximum Gasteiger partial charge on any atom is 0.255 e. The topological polar surface area (TPSA) is 20.3 Å². The molecule has 0 spiro atoms. The molecule has 0 saturated carbocycles. The molecule has 2 nitrogen and oxygen atoms in total. The van der Waals surface area contributed by atoms with Crippen LogP contribution in [0.4, 0.5) is 4.39 Å². The maximum atomic E-state index is 13.2. The second-order valence-corrected chi connectivity index (χ2v) is 6.46. The minimum atomic E-state index is -0.315. The van der Waals surface area contributed by atoms with Crippen molar-refractivity contribution in [3.63, 3.8) is 0 Å². The van der Waals surface area contributed by atoms with E-state index in [4.69, 9.17) is 0 Å². The number of rotatable bonds is 2. The van der Waals surface area contributed by atoms with E-state index in [0.29, 0.717) is 9.13 Å². The number of aryl methyl sites for hydroxylation is 1. The van der Waals surface area contributed by atoms with E-state index in [2.05, 4.69) is 12.1 Å². The van der Waals surface area contributed by atoms with Crippen LogP contribution < -0.4 is 0 Å². The van der Waals surface area contributed by atoms with Crippen molar-refractivity contribution in [2.45, 2.75) is 18.9 Å². The Kier molecular flexibility index (Phi) is 3.97. The number of nitrogens with zero attached hydrogens (tertiary/aromatic N) is 1. The number of hydrogen-bond donors (Lipinski definition) is 0. The van der Waals surface area contributed by atoms with E-state index in [9.17, 15) is 9.18 Å². The first-order chi connectivity index (χ1) is 10.1. The summed E-state index contributed by atoms with van der Waals surface area (Å²) in [7, 11) is 1.83. The van der Waals surface area contributed by atoms with Crippen LogP contribution in [0.1, 0.15) is 33.9 Å². The lowest BCUT2D eigenvalue weighted by Gasteiger charge is -2.26. The van der Waals surface area contributed by atoms with Gasteiger partial charge < -0.3 is 4.90 Å². The molecule has 2 aromatic carbocycles. The largest absolute Gasteiger partial charge is 0.335 e. The maximum absolute atomic E-state index is 13.2. The molecular formula is C17H15FINO. The van der Waals surface area contributed by atoms with Crippen molar-refractivity contribution in [1.29, 1.82) is 0 Å². The normalized spacial score (nSPS) is 16.6. The molecule has 0 fully saturated rings. The summed E-state index contributed by atoms with van der Waals surface area (Å²) in [5.74, 6) is -0.370. The van der Waals surface area contributed by atoms with Crippen LogP contribution in [0.25, 0.3) is 0 Å². The molecule has 0 aliphatic heterocycles. The SMILES string of the molecule is CN(C(=O)c1ccc(F)cc1I)C1CCc2ccccc21. The Morgan fingerprint density at radius 3 is 2.81 bits per heavy atom. The molecule has 0 N–H and O–H groups in total. The Labute approximate surface area is 137 Å². The Morgan fingerprint density at radius 1 is 1.29 bits per heavy atom. The molecule has 2 aromatic rings. The average Bonchev–Trinajstić information content (AvgIpc) is 2.90. The molecule has 21 heavy (non-hydrogen) atoms. The summed E-state index contributed by atoms with van der Waals surface area (Å²) in [5, 5.41) is 0. The number of halogens is 2. The highest BCUT2D eigenvalue weighted by atomic mass is 127. The van der Waals surface area contributed by atoms with Crippen LogP contribution in [0.3, 0.4) is 0 Å². The van der Waals surface area contributed by atoms with Gasteiger partial charge in [-0.1, -0.05) is 24.3 Å². The Bertz CT molecular complexity index is 701. The molecule has 1 aliphatic carbocycles. The van der Waals surface area contributed by atoms with Crippen LogP contribution in [-0.4, -0.2) is 17.9 Å². The lowest BCUT2D eigenvalue weighted by atomic mass is 10.1. The minimum absolute atomic E-state index is 0.0545. The van der Waals surface area contributed by atoms with Gasteiger partial charge in [-0.2, -0.15) is 0 Å². The van der Waals surface area contributed by atoms with Gasteiger partial charge in [0.25, 0.3) is 5.91 Å². The molecule has 0 aromatic heterocycles. The van der Waals surface area contributed by atoms with Gasteiger partial charge >= 0.3 is 0 Å². The van der Waals surface area contributed by atoms with Gasteiger partial charge in [0.05, 0.1) is 11.6 Å². The predicted octanol–water partition coefficient (Wildman–Crippen LogP) is 4.19. The summed E-state index contributed by atoms with van der Waals surface area (Å²) in [6.45, 7) is 0. The van der Waals surface area contributed by atoms with E-state index in [1.807, 2.05) is 41.8 Å². The zero-order valence-corrected chi connectivity index (χ0v) is 13.8. The van der Waals surface area contributed by atoms with Gasteiger partial charge in [0.15, 0.2) is 0 Å². The van der Waals surface area contributed by atoms with Crippen LogP contribution in [0.15, 0.2) is 42.5 Å². The second-order valence-electron chi connectivity index (χ2n) is 5.29. The average molecular weight is 395 g/mol.